The standard InChI is InChI=1S/C15H23N3O2/c1-11-9-13(17-14(19)12-5-6-12)15(16-10-11)20-8-4-7-18(2)3/h9-10,12H,4-8H2,1-3H3,(H,17,19). The van der Waals surface area contributed by atoms with Crippen LogP contribution in [0.1, 0.15) is 24.8 Å². The zero-order valence-corrected chi connectivity index (χ0v) is 12.5. The topological polar surface area (TPSA) is 54.5 Å². The largest absolute Gasteiger partial charge is 0.476 e. The number of aromatic nitrogens is 1. The van der Waals surface area contributed by atoms with Gasteiger partial charge in [-0.15, -0.1) is 0 Å². The van der Waals surface area contributed by atoms with Gasteiger partial charge in [0.15, 0.2) is 0 Å². The summed E-state index contributed by atoms with van der Waals surface area (Å²) in [6.07, 6.45) is 4.67. The number of ether oxygens (including phenoxy) is 1. The quantitative estimate of drug-likeness (QED) is 0.775. The van der Waals surface area contributed by atoms with Crippen molar-refractivity contribution in [3.8, 4) is 5.88 Å². The summed E-state index contributed by atoms with van der Waals surface area (Å²) < 4.78 is 5.69. The van der Waals surface area contributed by atoms with E-state index in [0.717, 1.165) is 31.4 Å². The summed E-state index contributed by atoms with van der Waals surface area (Å²) in [5.74, 6) is 0.774. The van der Waals surface area contributed by atoms with Gasteiger partial charge in [-0.3, -0.25) is 4.79 Å². The van der Waals surface area contributed by atoms with Gasteiger partial charge in [0.1, 0.15) is 5.69 Å². The Labute approximate surface area is 120 Å². The molecule has 1 amide bonds. The fourth-order valence-corrected chi connectivity index (χ4v) is 1.89. The number of nitrogens with zero attached hydrogens (tertiary/aromatic N) is 2. The fourth-order valence-electron chi connectivity index (χ4n) is 1.89. The molecular weight excluding hydrogens is 254 g/mol. The molecule has 0 saturated heterocycles. The normalized spacial score (nSPS) is 14.4. The molecule has 0 aromatic carbocycles. The highest BCUT2D eigenvalue weighted by molar-refractivity contribution is 5.95. The molecule has 0 aliphatic heterocycles. The molecule has 0 bridgehead atoms. The second-order valence-corrected chi connectivity index (χ2v) is 5.63. The smallest absolute Gasteiger partial charge is 0.237 e. The van der Waals surface area contributed by atoms with Crippen molar-refractivity contribution in [3.05, 3.63) is 17.8 Å². The third kappa shape index (κ3) is 4.49. The zero-order valence-electron chi connectivity index (χ0n) is 12.5. The van der Waals surface area contributed by atoms with Crippen LogP contribution in [0.4, 0.5) is 5.69 Å². The molecule has 1 N–H and O–H groups in total. The van der Waals surface area contributed by atoms with Gasteiger partial charge in [0.2, 0.25) is 11.8 Å². The van der Waals surface area contributed by atoms with E-state index in [-0.39, 0.29) is 11.8 Å². The van der Waals surface area contributed by atoms with E-state index in [2.05, 4.69) is 15.2 Å². The molecule has 20 heavy (non-hydrogen) atoms. The fraction of sp³-hybridized carbons (Fsp3) is 0.600. The molecule has 0 atom stereocenters. The predicted molar refractivity (Wildman–Crippen MR) is 79.0 cm³/mol. The number of carbonyl (C=O) groups is 1. The first-order chi connectivity index (χ1) is 9.56. The molecule has 1 aliphatic rings. The van der Waals surface area contributed by atoms with Crippen LogP contribution >= 0.6 is 0 Å². The second kappa shape index (κ2) is 6.70. The van der Waals surface area contributed by atoms with Crippen molar-refractivity contribution >= 4 is 11.6 Å². The highest BCUT2D eigenvalue weighted by Gasteiger charge is 2.30. The molecule has 1 saturated carbocycles. The second-order valence-electron chi connectivity index (χ2n) is 5.63. The van der Waals surface area contributed by atoms with Gasteiger partial charge >= 0.3 is 0 Å². The van der Waals surface area contributed by atoms with Gasteiger partial charge in [0.05, 0.1) is 6.61 Å². The number of hydrogen-bond donors (Lipinski definition) is 1. The molecule has 110 valence electrons. The maximum atomic E-state index is 11.9. The van der Waals surface area contributed by atoms with Crippen LogP contribution in [0.2, 0.25) is 0 Å². The summed E-state index contributed by atoms with van der Waals surface area (Å²) in [5.41, 5.74) is 1.70. The lowest BCUT2D eigenvalue weighted by molar-refractivity contribution is -0.117. The highest BCUT2D eigenvalue weighted by Crippen LogP contribution is 2.31. The predicted octanol–water partition coefficient (Wildman–Crippen LogP) is 2.07. The van der Waals surface area contributed by atoms with E-state index in [1.54, 1.807) is 6.20 Å². The van der Waals surface area contributed by atoms with Gasteiger partial charge in [-0.25, -0.2) is 4.98 Å². The minimum absolute atomic E-state index is 0.0792. The first kappa shape index (κ1) is 14.8. The summed E-state index contributed by atoms with van der Waals surface area (Å²) >= 11 is 0. The minimum atomic E-state index is 0.0792. The number of carbonyl (C=O) groups excluding carboxylic acids is 1. The number of pyridine rings is 1. The summed E-state index contributed by atoms with van der Waals surface area (Å²) in [6, 6.07) is 1.91. The number of hydrogen-bond acceptors (Lipinski definition) is 4. The van der Waals surface area contributed by atoms with Crippen molar-refractivity contribution in [2.45, 2.75) is 26.2 Å². The molecule has 1 fully saturated rings. The van der Waals surface area contributed by atoms with Crippen molar-refractivity contribution in [1.29, 1.82) is 0 Å². The molecule has 0 unspecified atom stereocenters. The Hall–Kier alpha value is -1.62. The van der Waals surface area contributed by atoms with E-state index in [1.807, 2.05) is 27.1 Å². The number of rotatable bonds is 7. The number of aryl methyl sites for hydroxylation is 1. The van der Waals surface area contributed by atoms with Gasteiger partial charge in [0, 0.05) is 18.7 Å². The Morgan fingerprint density at radius 1 is 1.50 bits per heavy atom. The molecule has 2 rings (SSSR count). The average Bonchev–Trinajstić information content (AvgIpc) is 3.20. The minimum Gasteiger partial charge on any atom is -0.476 e. The molecule has 0 radical (unpaired) electrons. The lowest BCUT2D eigenvalue weighted by atomic mass is 10.2. The molecule has 1 heterocycles. The summed E-state index contributed by atoms with van der Waals surface area (Å²) in [7, 11) is 4.07. The summed E-state index contributed by atoms with van der Waals surface area (Å²) in [6.45, 7) is 3.52. The molecular formula is C15H23N3O2. The van der Waals surface area contributed by atoms with Crippen LogP contribution in [0.15, 0.2) is 12.3 Å². The van der Waals surface area contributed by atoms with Crippen LogP contribution in [0.5, 0.6) is 5.88 Å². The van der Waals surface area contributed by atoms with Gasteiger partial charge < -0.3 is 15.0 Å². The summed E-state index contributed by atoms with van der Waals surface area (Å²) in [4.78, 5) is 18.2. The average molecular weight is 277 g/mol. The van der Waals surface area contributed by atoms with Crippen LogP contribution in [-0.2, 0) is 4.79 Å². The Balaban J connectivity index is 1.94. The highest BCUT2D eigenvalue weighted by atomic mass is 16.5. The molecule has 1 aromatic rings. The van der Waals surface area contributed by atoms with Gasteiger partial charge in [-0.05, 0) is 51.9 Å². The molecule has 0 spiro atoms. The van der Waals surface area contributed by atoms with E-state index >= 15 is 0 Å². The SMILES string of the molecule is Cc1cnc(OCCCN(C)C)c(NC(=O)C2CC2)c1. The maximum absolute atomic E-state index is 11.9. The van der Waals surface area contributed by atoms with E-state index < -0.39 is 0 Å². The van der Waals surface area contributed by atoms with E-state index in [9.17, 15) is 4.79 Å². The molecule has 1 aliphatic carbocycles. The Morgan fingerprint density at radius 2 is 2.25 bits per heavy atom. The van der Waals surface area contributed by atoms with E-state index in [1.165, 1.54) is 0 Å². The van der Waals surface area contributed by atoms with Crippen LogP contribution in [0.25, 0.3) is 0 Å². The Kier molecular flexibility index (Phi) is 4.95. The lowest BCUT2D eigenvalue weighted by Gasteiger charge is -2.13. The Morgan fingerprint density at radius 3 is 2.90 bits per heavy atom. The lowest BCUT2D eigenvalue weighted by Crippen LogP contribution is -2.17. The van der Waals surface area contributed by atoms with Crippen LogP contribution in [0, 0.1) is 12.8 Å². The van der Waals surface area contributed by atoms with Crippen molar-refractivity contribution in [2.75, 3.05) is 32.6 Å². The molecule has 5 nitrogen and oxygen atoms in total. The van der Waals surface area contributed by atoms with Crippen LogP contribution in [0.3, 0.4) is 0 Å². The van der Waals surface area contributed by atoms with Gasteiger partial charge in [-0.1, -0.05) is 0 Å². The maximum Gasteiger partial charge on any atom is 0.237 e. The van der Waals surface area contributed by atoms with E-state index in [4.69, 9.17) is 4.74 Å². The van der Waals surface area contributed by atoms with Gasteiger partial charge in [-0.2, -0.15) is 0 Å². The zero-order chi connectivity index (χ0) is 14.5. The third-order valence-corrected chi connectivity index (χ3v) is 3.18. The molecule has 1 aromatic heterocycles. The third-order valence-electron chi connectivity index (χ3n) is 3.18. The summed E-state index contributed by atoms with van der Waals surface area (Å²) in [5, 5.41) is 2.93. The van der Waals surface area contributed by atoms with Crippen LogP contribution in [-0.4, -0.2) is 43.0 Å². The van der Waals surface area contributed by atoms with E-state index in [0.29, 0.717) is 18.2 Å². The first-order valence-corrected chi connectivity index (χ1v) is 7.11. The van der Waals surface area contributed by atoms with Gasteiger partial charge in [0.25, 0.3) is 0 Å². The van der Waals surface area contributed by atoms with Crippen molar-refractivity contribution in [2.24, 2.45) is 5.92 Å². The number of anilines is 1. The first-order valence-electron chi connectivity index (χ1n) is 7.11. The van der Waals surface area contributed by atoms with Crippen molar-refractivity contribution in [3.63, 3.8) is 0 Å². The number of amides is 1. The number of nitrogens with one attached hydrogen (secondary N) is 1. The van der Waals surface area contributed by atoms with Crippen LogP contribution < -0.4 is 10.1 Å². The van der Waals surface area contributed by atoms with Crippen molar-refractivity contribution in [1.82, 2.24) is 9.88 Å². The Bertz CT molecular complexity index is 470. The van der Waals surface area contributed by atoms with Crippen molar-refractivity contribution < 1.29 is 9.53 Å². The molecule has 5 heteroatoms. The monoisotopic (exact) mass is 277 g/mol.